The van der Waals surface area contributed by atoms with E-state index in [0.29, 0.717) is 12.5 Å². The first-order chi connectivity index (χ1) is 7.34. The molecule has 1 unspecified atom stereocenters. The lowest BCUT2D eigenvalue weighted by Crippen LogP contribution is -2.34. The first-order valence-electron chi connectivity index (χ1n) is 6.34. The van der Waals surface area contributed by atoms with Gasteiger partial charge in [0.25, 0.3) is 0 Å². The van der Waals surface area contributed by atoms with Crippen LogP contribution in [0.3, 0.4) is 0 Å². The standard InChI is InChI=1S/C12H22N2O/c15-12-9-11(5-2-7-14-12)13-8-6-10-3-1-4-10/h10-11,13H,1-9H2,(H,14,15). The van der Waals surface area contributed by atoms with Gasteiger partial charge in [-0.25, -0.2) is 0 Å². The molecule has 0 radical (unpaired) electrons. The van der Waals surface area contributed by atoms with Gasteiger partial charge >= 0.3 is 0 Å². The van der Waals surface area contributed by atoms with Crippen molar-refractivity contribution in [2.45, 2.75) is 51.0 Å². The Morgan fingerprint density at radius 1 is 1.27 bits per heavy atom. The van der Waals surface area contributed by atoms with Crippen molar-refractivity contribution in [3.8, 4) is 0 Å². The van der Waals surface area contributed by atoms with E-state index < -0.39 is 0 Å². The fourth-order valence-electron chi connectivity index (χ4n) is 2.42. The predicted octanol–water partition coefficient (Wildman–Crippen LogP) is 1.43. The number of carbonyl (C=O) groups excluding carboxylic acids is 1. The summed E-state index contributed by atoms with van der Waals surface area (Å²) in [5.41, 5.74) is 0. The van der Waals surface area contributed by atoms with Crippen LogP contribution in [0.4, 0.5) is 0 Å². The zero-order valence-electron chi connectivity index (χ0n) is 9.43. The Kier molecular flexibility index (Phi) is 4.01. The van der Waals surface area contributed by atoms with Crippen molar-refractivity contribution in [1.29, 1.82) is 0 Å². The quantitative estimate of drug-likeness (QED) is 0.737. The molecule has 0 aromatic rings. The summed E-state index contributed by atoms with van der Waals surface area (Å²) in [6.45, 7) is 1.96. The molecule has 1 heterocycles. The molecule has 1 amide bonds. The fraction of sp³-hybridized carbons (Fsp3) is 0.917. The van der Waals surface area contributed by atoms with Crippen molar-refractivity contribution < 1.29 is 4.79 Å². The third-order valence-corrected chi connectivity index (χ3v) is 3.69. The monoisotopic (exact) mass is 210 g/mol. The topological polar surface area (TPSA) is 41.1 Å². The molecule has 15 heavy (non-hydrogen) atoms. The largest absolute Gasteiger partial charge is 0.356 e. The number of rotatable bonds is 4. The van der Waals surface area contributed by atoms with Gasteiger partial charge in [-0.3, -0.25) is 4.79 Å². The van der Waals surface area contributed by atoms with Gasteiger partial charge in [0.2, 0.25) is 5.91 Å². The second kappa shape index (κ2) is 5.50. The normalized spacial score (nSPS) is 28.0. The van der Waals surface area contributed by atoms with Gasteiger partial charge < -0.3 is 10.6 Å². The Bertz CT molecular complexity index is 214. The summed E-state index contributed by atoms with van der Waals surface area (Å²) < 4.78 is 0. The Hall–Kier alpha value is -0.570. The summed E-state index contributed by atoms with van der Waals surface area (Å²) in [5.74, 6) is 1.19. The fourth-order valence-corrected chi connectivity index (χ4v) is 2.42. The molecule has 1 aliphatic heterocycles. The van der Waals surface area contributed by atoms with Crippen molar-refractivity contribution in [3.05, 3.63) is 0 Å². The summed E-state index contributed by atoms with van der Waals surface area (Å²) in [7, 11) is 0. The van der Waals surface area contributed by atoms with Crippen LogP contribution in [-0.2, 0) is 4.79 Å². The summed E-state index contributed by atoms with van der Waals surface area (Å²) in [6.07, 6.45) is 8.51. The lowest BCUT2D eigenvalue weighted by molar-refractivity contribution is -0.121. The zero-order chi connectivity index (χ0) is 10.5. The van der Waals surface area contributed by atoms with Gasteiger partial charge in [-0.05, 0) is 31.7 Å². The van der Waals surface area contributed by atoms with E-state index in [1.54, 1.807) is 0 Å². The molecule has 2 rings (SSSR count). The van der Waals surface area contributed by atoms with E-state index in [2.05, 4.69) is 10.6 Å². The van der Waals surface area contributed by atoms with Crippen LogP contribution in [0.15, 0.2) is 0 Å². The van der Waals surface area contributed by atoms with E-state index in [1.807, 2.05) is 0 Å². The third kappa shape index (κ3) is 3.49. The molecule has 2 N–H and O–H groups in total. The second-order valence-corrected chi connectivity index (χ2v) is 4.93. The molecular formula is C12H22N2O. The average Bonchev–Trinajstić information content (AvgIpc) is 2.34. The molecule has 1 saturated carbocycles. The maximum absolute atomic E-state index is 11.3. The van der Waals surface area contributed by atoms with E-state index in [0.717, 1.165) is 31.8 Å². The summed E-state index contributed by atoms with van der Waals surface area (Å²) in [4.78, 5) is 11.3. The Balaban J connectivity index is 1.61. The molecule has 0 aromatic heterocycles. The Morgan fingerprint density at radius 3 is 2.87 bits per heavy atom. The molecule has 0 spiro atoms. The second-order valence-electron chi connectivity index (χ2n) is 4.93. The molecule has 0 aromatic carbocycles. The molecule has 1 saturated heterocycles. The molecule has 0 bridgehead atoms. The van der Waals surface area contributed by atoms with Gasteiger partial charge in [-0.15, -0.1) is 0 Å². The minimum absolute atomic E-state index is 0.216. The van der Waals surface area contributed by atoms with Gasteiger partial charge in [0, 0.05) is 19.0 Å². The van der Waals surface area contributed by atoms with Crippen LogP contribution in [0.5, 0.6) is 0 Å². The highest BCUT2D eigenvalue weighted by Crippen LogP contribution is 2.28. The van der Waals surface area contributed by atoms with E-state index in [-0.39, 0.29) is 5.91 Å². The van der Waals surface area contributed by atoms with Crippen LogP contribution < -0.4 is 10.6 Å². The summed E-state index contributed by atoms with van der Waals surface area (Å²) in [6, 6.07) is 0.424. The predicted molar refractivity (Wildman–Crippen MR) is 60.6 cm³/mol. The summed E-state index contributed by atoms with van der Waals surface area (Å²) >= 11 is 0. The Morgan fingerprint density at radius 2 is 2.13 bits per heavy atom. The lowest BCUT2D eigenvalue weighted by Gasteiger charge is -2.26. The van der Waals surface area contributed by atoms with Gasteiger partial charge in [-0.2, -0.15) is 0 Å². The van der Waals surface area contributed by atoms with Crippen LogP contribution in [-0.4, -0.2) is 25.0 Å². The van der Waals surface area contributed by atoms with Crippen LogP contribution in [0.1, 0.15) is 44.9 Å². The van der Waals surface area contributed by atoms with E-state index in [9.17, 15) is 4.79 Å². The smallest absolute Gasteiger partial charge is 0.221 e. The van der Waals surface area contributed by atoms with Crippen LogP contribution >= 0.6 is 0 Å². The SMILES string of the molecule is O=C1CC(NCCC2CCC2)CCCN1. The third-order valence-electron chi connectivity index (χ3n) is 3.69. The molecule has 2 aliphatic rings. The number of amides is 1. The molecule has 1 atom stereocenters. The number of hydrogen-bond donors (Lipinski definition) is 2. The molecule has 1 aliphatic carbocycles. The zero-order valence-corrected chi connectivity index (χ0v) is 9.43. The number of carbonyl (C=O) groups is 1. The highest BCUT2D eigenvalue weighted by molar-refractivity contribution is 5.76. The van der Waals surface area contributed by atoms with Gasteiger partial charge in [0.1, 0.15) is 0 Å². The maximum atomic E-state index is 11.3. The van der Waals surface area contributed by atoms with Crippen LogP contribution in [0.2, 0.25) is 0 Å². The van der Waals surface area contributed by atoms with E-state index >= 15 is 0 Å². The van der Waals surface area contributed by atoms with E-state index in [4.69, 9.17) is 0 Å². The van der Waals surface area contributed by atoms with Gasteiger partial charge in [0.05, 0.1) is 0 Å². The maximum Gasteiger partial charge on any atom is 0.221 e. The number of hydrogen-bond acceptors (Lipinski definition) is 2. The van der Waals surface area contributed by atoms with Crippen molar-refractivity contribution in [1.82, 2.24) is 10.6 Å². The summed E-state index contributed by atoms with van der Waals surface area (Å²) in [5, 5.41) is 6.45. The van der Waals surface area contributed by atoms with Crippen molar-refractivity contribution in [2.75, 3.05) is 13.1 Å². The van der Waals surface area contributed by atoms with Crippen molar-refractivity contribution in [3.63, 3.8) is 0 Å². The Labute approximate surface area is 92.0 Å². The highest BCUT2D eigenvalue weighted by Gasteiger charge is 2.19. The van der Waals surface area contributed by atoms with Gasteiger partial charge in [0.15, 0.2) is 0 Å². The van der Waals surface area contributed by atoms with Crippen LogP contribution in [0, 0.1) is 5.92 Å². The van der Waals surface area contributed by atoms with E-state index in [1.165, 1.54) is 25.7 Å². The molecule has 2 fully saturated rings. The minimum Gasteiger partial charge on any atom is -0.356 e. The van der Waals surface area contributed by atoms with Crippen LogP contribution in [0.25, 0.3) is 0 Å². The molecule has 3 nitrogen and oxygen atoms in total. The average molecular weight is 210 g/mol. The number of nitrogens with one attached hydrogen (secondary N) is 2. The highest BCUT2D eigenvalue weighted by atomic mass is 16.1. The first-order valence-corrected chi connectivity index (χ1v) is 6.34. The molecular weight excluding hydrogens is 188 g/mol. The molecule has 3 heteroatoms. The van der Waals surface area contributed by atoms with Gasteiger partial charge in [-0.1, -0.05) is 19.3 Å². The van der Waals surface area contributed by atoms with Crippen molar-refractivity contribution in [2.24, 2.45) is 5.92 Å². The minimum atomic E-state index is 0.216. The van der Waals surface area contributed by atoms with Crippen molar-refractivity contribution >= 4 is 5.91 Å². The first kappa shape index (κ1) is 10.9. The lowest BCUT2D eigenvalue weighted by atomic mass is 9.83. The molecule has 86 valence electrons.